The Kier molecular flexibility index (Phi) is 5.58. The molecule has 1 aliphatic heterocycles. The van der Waals surface area contributed by atoms with Crippen molar-refractivity contribution in [2.24, 2.45) is 0 Å². The zero-order valence-corrected chi connectivity index (χ0v) is 12.6. The number of nitrogens with zero attached hydrogens (tertiary/aromatic N) is 4. The number of aromatic nitrogens is 1. The standard InChI is InChI=1S/C14H23ClN4/c1-17(2)6-7-18-8-10-19(11-9-18)12-13-4-3-5-16-14(13)15/h3-5H,6-12H2,1-2H3. The summed E-state index contributed by atoms with van der Waals surface area (Å²) in [4.78, 5) is 11.4. The fraction of sp³-hybridized carbons (Fsp3) is 0.643. The summed E-state index contributed by atoms with van der Waals surface area (Å²) in [5.41, 5.74) is 1.13. The molecular weight excluding hydrogens is 260 g/mol. The Bertz CT molecular complexity index is 389. The van der Waals surface area contributed by atoms with Gasteiger partial charge in [-0.15, -0.1) is 0 Å². The van der Waals surface area contributed by atoms with Crippen LogP contribution in [0.15, 0.2) is 18.3 Å². The summed E-state index contributed by atoms with van der Waals surface area (Å²) in [5, 5.41) is 0.637. The van der Waals surface area contributed by atoms with E-state index in [2.05, 4.69) is 39.8 Å². The Morgan fingerprint density at radius 3 is 2.53 bits per heavy atom. The molecule has 0 saturated carbocycles. The van der Waals surface area contributed by atoms with Gasteiger partial charge in [0, 0.05) is 57.6 Å². The van der Waals surface area contributed by atoms with E-state index < -0.39 is 0 Å². The number of hydrogen-bond acceptors (Lipinski definition) is 4. The fourth-order valence-electron chi connectivity index (χ4n) is 2.29. The third-order valence-corrected chi connectivity index (χ3v) is 3.90. The molecule has 0 aromatic carbocycles. The molecule has 1 aromatic rings. The summed E-state index contributed by atoms with van der Waals surface area (Å²) in [6.45, 7) is 7.71. The molecule has 1 aromatic heterocycles. The summed E-state index contributed by atoms with van der Waals surface area (Å²) in [6.07, 6.45) is 1.74. The quantitative estimate of drug-likeness (QED) is 0.762. The molecule has 106 valence electrons. The first-order valence-corrected chi connectivity index (χ1v) is 7.22. The molecule has 0 spiro atoms. The summed E-state index contributed by atoms with van der Waals surface area (Å²) in [7, 11) is 4.25. The fourth-order valence-corrected chi connectivity index (χ4v) is 2.47. The summed E-state index contributed by atoms with van der Waals surface area (Å²) >= 11 is 6.10. The second-order valence-electron chi connectivity index (χ2n) is 5.37. The van der Waals surface area contributed by atoms with Crippen LogP contribution in [-0.2, 0) is 6.54 Å². The van der Waals surface area contributed by atoms with Crippen molar-refractivity contribution in [2.75, 3.05) is 53.4 Å². The average Bonchev–Trinajstić information content (AvgIpc) is 2.40. The topological polar surface area (TPSA) is 22.6 Å². The highest BCUT2D eigenvalue weighted by Crippen LogP contribution is 2.15. The number of hydrogen-bond donors (Lipinski definition) is 0. The van der Waals surface area contributed by atoms with Gasteiger partial charge in [-0.2, -0.15) is 0 Å². The van der Waals surface area contributed by atoms with Crippen LogP contribution in [0.1, 0.15) is 5.56 Å². The van der Waals surface area contributed by atoms with Gasteiger partial charge in [0.05, 0.1) is 0 Å². The Balaban J connectivity index is 1.76. The highest BCUT2D eigenvalue weighted by atomic mass is 35.5. The first-order valence-electron chi connectivity index (χ1n) is 6.84. The molecule has 2 heterocycles. The smallest absolute Gasteiger partial charge is 0.133 e. The third kappa shape index (κ3) is 4.73. The minimum absolute atomic E-state index is 0.637. The number of halogens is 1. The molecule has 0 bridgehead atoms. The van der Waals surface area contributed by atoms with E-state index >= 15 is 0 Å². The number of likely N-dealkylation sites (N-methyl/N-ethyl adjacent to an activating group) is 1. The summed E-state index contributed by atoms with van der Waals surface area (Å²) < 4.78 is 0. The van der Waals surface area contributed by atoms with Gasteiger partial charge in [-0.05, 0) is 20.2 Å². The van der Waals surface area contributed by atoms with Crippen LogP contribution in [0.3, 0.4) is 0 Å². The van der Waals surface area contributed by atoms with Crippen LogP contribution in [0.5, 0.6) is 0 Å². The van der Waals surface area contributed by atoms with Crippen LogP contribution < -0.4 is 0 Å². The van der Waals surface area contributed by atoms with E-state index in [1.807, 2.05) is 6.07 Å². The Labute approximate surface area is 121 Å². The van der Waals surface area contributed by atoms with Gasteiger partial charge in [0.25, 0.3) is 0 Å². The monoisotopic (exact) mass is 282 g/mol. The van der Waals surface area contributed by atoms with Crippen molar-refractivity contribution in [1.29, 1.82) is 0 Å². The van der Waals surface area contributed by atoms with Gasteiger partial charge in [0.2, 0.25) is 0 Å². The van der Waals surface area contributed by atoms with E-state index in [4.69, 9.17) is 11.6 Å². The minimum Gasteiger partial charge on any atom is -0.308 e. The van der Waals surface area contributed by atoms with Crippen molar-refractivity contribution in [3.63, 3.8) is 0 Å². The van der Waals surface area contributed by atoms with Crippen molar-refractivity contribution in [1.82, 2.24) is 19.7 Å². The molecule has 0 radical (unpaired) electrons. The molecule has 0 aliphatic carbocycles. The van der Waals surface area contributed by atoms with E-state index in [0.29, 0.717) is 5.15 Å². The van der Waals surface area contributed by atoms with Gasteiger partial charge in [-0.3, -0.25) is 9.80 Å². The van der Waals surface area contributed by atoms with Crippen molar-refractivity contribution in [3.8, 4) is 0 Å². The van der Waals surface area contributed by atoms with Gasteiger partial charge in [-0.25, -0.2) is 4.98 Å². The first kappa shape index (κ1) is 14.7. The molecule has 19 heavy (non-hydrogen) atoms. The predicted molar refractivity (Wildman–Crippen MR) is 79.5 cm³/mol. The maximum Gasteiger partial charge on any atom is 0.133 e. The lowest BCUT2D eigenvalue weighted by Gasteiger charge is -2.35. The third-order valence-electron chi connectivity index (χ3n) is 3.56. The Morgan fingerprint density at radius 1 is 1.21 bits per heavy atom. The van der Waals surface area contributed by atoms with Crippen molar-refractivity contribution >= 4 is 11.6 Å². The highest BCUT2D eigenvalue weighted by Gasteiger charge is 2.17. The second kappa shape index (κ2) is 7.20. The van der Waals surface area contributed by atoms with Crippen LogP contribution in [-0.4, -0.2) is 73.0 Å². The maximum atomic E-state index is 6.10. The molecule has 0 atom stereocenters. The molecule has 4 nitrogen and oxygen atoms in total. The largest absolute Gasteiger partial charge is 0.308 e. The zero-order valence-electron chi connectivity index (χ0n) is 11.8. The highest BCUT2D eigenvalue weighted by molar-refractivity contribution is 6.30. The summed E-state index contributed by atoms with van der Waals surface area (Å²) in [6, 6.07) is 4.02. The summed E-state index contributed by atoms with van der Waals surface area (Å²) in [5.74, 6) is 0. The Morgan fingerprint density at radius 2 is 1.89 bits per heavy atom. The molecule has 0 N–H and O–H groups in total. The predicted octanol–water partition coefficient (Wildman–Crippen LogP) is 1.41. The van der Waals surface area contributed by atoms with E-state index in [-0.39, 0.29) is 0 Å². The number of piperazine rings is 1. The van der Waals surface area contributed by atoms with Crippen LogP contribution in [0.2, 0.25) is 5.15 Å². The van der Waals surface area contributed by atoms with Crippen molar-refractivity contribution in [2.45, 2.75) is 6.54 Å². The van der Waals surface area contributed by atoms with Crippen LogP contribution in [0, 0.1) is 0 Å². The molecule has 1 saturated heterocycles. The van der Waals surface area contributed by atoms with Gasteiger partial charge < -0.3 is 4.90 Å². The molecule has 0 unspecified atom stereocenters. The normalized spacial score (nSPS) is 18.1. The van der Waals surface area contributed by atoms with Crippen LogP contribution in [0.25, 0.3) is 0 Å². The lowest BCUT2D eigenvalue weighted by atomic mass is 10.2. The first-order chi connectivity index (χ1) is 9.15. The minimum atomic E-state index is 0.637. The van der Waals surface area contributed by atoms with E-state index in [9.17, 15) is 0 Å². The lowest BCUT2D eigenvalue weighted by molar-refractivity contribution is 0.120. The molecular formula is C14H23ClN4. The zero-order chi connectivity index (χ0) is 13.7. The molecule has 1 fully saturated rings. The SMILES string of the molecule is CN(C)CCN1CCN(Cc2cccnc2Cl)CC1. The number of pyridine rings is 1. The van der Waals surface area contributed by atoms with E-state index in [0.717, 1.165) is 51.4 Å². The van der Waals surface area contributed by atoms with E-state index in [1.165, 1.54) is 0 Å². The van der Waals surface area contributed by atoms with Crippen molar-refractivity contribution in [3.05, 3.63) is 29.0 Å². The van der Waals surface area contributed by atoms with E-state index in [1.54, 1.807) is 6.20 Å². The average molecular weight is 283 g/mol. The second-order valence-corrected chi connectivity index (χ2v) is 5.73. The van der Waals surface area contributed by atoms with Gasteiger partial charge >= 0.3 is 0 Å². The van der Waals surface area contributed by atoms with Gasteiger partial charge in [-0.1, -0.05) is 17.7 Å². The molecule has 0 amide bonds. The molecule has 2 rings (SSSR count). The number of rotatable bonds is 5. The molecule has 1 aliphatic rings. The van der Waals surface area contributed by atoms with Gasteiger partial charge in [0.1, 0.15) is 5.15 Å². The lowest BCUT2D eigenvalue weighted by Crippen LogP contribution is -2.47. The van der Waals surface area contributed by atoms with Crippen LogP contribution >= 0.6 is 11.6 Å². The van der Waals surface area contributed by atoms with Crippen LogP contribution in [0.4, 0.5) is 0 Å². The maximum absolute atomic E-state index is 6.10. The van der Waals surface area contributed by atoms with Gasteiger partial charge in [0.15, 0.2) is 0 Å². The molecule has 5 heteroatoms. The van der Waals surface area contributed by atoms with Crippen molar-refractivity contribution < 1.29 is 0 Å². The Hall–Kier alpha value is -0.680.